The summed E-state index contributed by atoms with van der Waals surface area (Å²) in [5.74, 6) is 0.847. The molecule has 0 aliphatic carbocycles. The summed E-state index contributed by atoms with van der Waals surface area (Å²) in [6.07, 6.45) is 0. The number of aryl methyl sites for hydroxylation is 3. The van der Waals surface area contributed by atoms with Gasteiger partial charge in [-0.25, -0.2) is 4.98 Å². The zero-order chi connectivity index (χ0) is 22.6. The minimum atomic E-state index is -0.653. The molecule has 0 N–H and O–H groups in total. The van der Waals surface area contributed by atoms with Crippen LogP contribution < -0.4 is 15.1 Å². The third kappa shape index (κ3) is 2.99. The molecule has 32 heavy (non-hydrogen) atoms. The lowest BCUT2D eigenvalue weighted by Crippen LogP contribution is -2.30. The van der Waals surface area contributed by atoms with Crippen LogP contribution in [-0.4, -0.2) is 18.0 Å². The van der Waals surface area contributed by atoms with E-state index in [1.54, 1.807) is 18.1 Å². The summed E-state index contributed by atoms with van der Waals surface area (Å²) in [7, 11) is 1.59. The second kappa shape index (κ2) is 7.34. The number of rotatable bonds is 3. The van der Waals surface area contributed by atoms with E-state index in [1.807, 2.05) is 69.3 Å². The normalized spacial score (nSPS) is 15.3. The number of nitrogens with zero attached hydrogens (tertiary/aromatic N) is 2. The van der Waals surface area contributed by atoms with Crippen LogP contribution in [0.4, 0.5) is 5.82 Å². The van der Waals surface area contributed by atoms with Crippen LogP contribution in [-0.2, 0) is 0 Å². The molecule has 3 heterocycles. The van der Waals surface area contributed by atoms with E-state index in [0.29, 0.717) is 28.1 Å². The molecule has 0 bridgehead atoms. The van der Waals surface area contributed by atoms with Gasteiger partial charge in [-0.2, -0.15) is 0 Å². The predicted molar refractivity (Wildman–Crippen MR) is 123 cm³/mol. The predicted octanol–water partition coefficient (Wildman–Crippen LogP) is 4.87. The van der Waals surface area contributed by atoms with E-state index in [1.165, 1.54) is 0 Å². The number of hydrogen-bond acceptors (Lipinski definition) is 5. The molecule has 6 heteroatoms. The van der Waals surface area contributed by atoms with Gasteiger partial charge in [-0.3, -0.25) is 14.5 Å². The van der Waals surface area contributed by atoms with Gasteiger partial charge < -0.3 is 9.15 Å². The Morgan fingerprint density at radius 1 is 0.969 bits per heavy atom. The van der Waals surface area contributed by atoms with Crippen LogP contribution in [0.25, 0.3) is 11.0 Å². The smallest absolute Gasteiger partial charge is 0.296 e. The number of hydrogen-bond donors (Lipinski definition) is 0. The highest BCUT2D eigenvalue weighted by atomic mass is 16.5. The van der Waals surface area contributed by atoms with Crippen LogP contribution in [0.1, 0.15) is 44.5 Å². The highest BCUT2D eigenvalue weighted by Gasteiger charge is 2.44. The molecule has 1 atom stereocenters. The summed E-state index contributed by atoms with van der Waals surface area (Å²) in [4.78, 5) is 33.4. The molecule has 1 aliphatic heterocycles. The van der Waals surface area contributed by atoms with Gasteiger partial charge in [-0.1, -0.05) is 18.2 Å². The van der Waals surface area contributed by atoms with E-state index in [9.17, 15) is 9.59 Å². The summed E-state index contributed by atoms with van der Waals surface area (Å²) < 4.78 is 11.4. The first-order chi connectivity index (χ1) is 15.4. The Labute approximate surface area is 185 Å². The molecule has 5 rings (SSSR count). The number of amides is 1. The fraction of sp³-hybridized carbons (Fsp3) is 0.192. The molecule has 6 nitrogen and oxygen atoms in total. The first kappa shape index (κ1) is 20.0. The third-order valence-corrected chi connectivity index (χ3v) is 6.04. The first-order valence-electron chi connectivity index (χ1n) is 10.4. The van der Waals surface area contributed by atoms with Crippen molar-refractivity contribution in [3.8, 4) is 5.75 Å². The topological polar surface area (TPSA) is 72.6 Å². The van der Waals surface area contributed by atoms with E-state index >= 15 is 0 Å². The Hall–Kier alpha value is -3.93. The highest BCUT2D eigenvalue weighted by molar-refractivity contribution is 6.10. The molecule has 0 saturated carbocycles. The number of carbonyl (C=O) groups excluding carboxylic acids is 1. The maximum atomic E-state index is 13.7. The average molecular weight is 426 g/mol. The minimum absolute atomic E-state index is 0.0647. The second-order valence-electron chi connectivity index (χ2n) is 8.09. The molecule has 1 aliphatic rings. The van der Waals surface area contributed by atoms with Crippen LogP contribution in [0.5, 0.6) is 5.75 Å². The number of fused-ring (bicyclic) bond motifs is 2. The summed E-state index contributed by atoms with van der Waals surface area (Å²) in [6.45, 7) is 5.77. The van der Waals surface area contributed by atoms with Crippen molar-refractivity contribution in [3.05, 3.63) is 98.5 Å². The molecule has 2 aromatic heterocycles. The quantitative estimate of drug-likeness (QED) is 0.467. The lowest BCUT2D eigenvalue weighted by Gasteiger charge is -2.24. The molecule has 1 unspecified atom stereocenters. The van der Waals surface area contributed by atoms with Gasteiger partial charge in [0.1, 0.15) is 17.2 Å². The fourth-order valence-corrected chi connectivity index (χ4v) is 4.23. The van der Waals surface area contributed by atoms with Gasteiger partial charge in [0.25, 0.3) is 5.91 Å². The number of pyridine rings is 1. The van der Waals surface area contributed by atoms with Crippen molar-refractivity contribution in [2.45, 2.75) is 26.8 Å². The van der Waals surface area contributed by atoms with E-state index in [2.05, 4.69) is 4.98 Å². The van der Waals surface area contributed by atoms with E-state index < -0.39 is 6.04 Å². The molecule has 0 spiro atoms. The van der Waals surface area contributed by atoms with E-state index in [0.717, 1.165) is 22.4 Å². The van der Waals surface area contributed by atoms with Crippen molar-refractivity contribution in [3.63, 3.8) is 0 Å². The largest absolute Gasteiger partial charge is 0.497 e. The van der Waals surface area contributed by atoms with Crippen LogP contribution in [0.15, 0.2) is 63.8 Å². The summed E-state index contributed by atoms with van der Waals surface area (Å²) >= 11 is 0. The van der Waals surface area contributed by atoms with Gasteiger partial charge in [0.2, 0.25) is 5.76 Å². The zero-order valence-corrected chi connectivity index (χ0v) is 18.3. The van der Waals surface area contributed by atoms with Crippen molar-refractivity contribution < 1.29 is 13.9 Å². The molecule has 2 aromatic carbocycles. The first-order valence-corrected chi connectivity index (χ1v) is 10.4. The van der Waals surface area contributed by atoms with Crippen molar-refractivity contribution in [1.82, 2.24) is 4.98 Å². The average Bonchev–Trinajstić information content (AvgIpc) is 3.08. The second-order valence-corrected chi connectivity index (χ2v) is 8.09. The molecule has 0 radical (unpaired) electrons. The Bertz CT molecular complexity index is 1440. The number of aromatic nitrogens is 1. The lowest BCUT2D eigenvalue weighted by atomic mass is 9.97. The number of methoxy groups -OCH3 is 1. The Morgan fingerprint density at radius 3 is 2.38 bits per heavy atom. The number of ether oxygens (including phenoxy) is 1. The Kier molecular flexibility index (Phi) is 4.59. The molecule has 0 saturated heterocycles. The Balaban J connectivity index is 1.81. The SMILES string of the molecule is COc1ccc(C2c3c(oc4cc(C)c(C)cc4c3=O)C(=O)N2c2cccc(C)n2)cc1. The molecule has 0 fully saturated rings. The molecular formula is C26H22N2O4. The lowest BCUT2D eigenvalue weighted by molar-refractivity contribution is 0.0970. The molecule has 160 valence electrons. The van der Waals surface area contributed by atoms with E-state index in [-0.39, 0.29) is 17.1 Å². The van der Waals surface area contributed by atoms with Gasteiger partial charge in [0.05, 0.1) is 24.1 Å². The number of benzene rings is 2. The molecule has 1 amide bonds. The van der Waals surface area contributed by atoms with Crippen LogP contribution >= 0.6 is 0 Å². The maximum absolute atomic E-state index is 13.7. The number of anilines is 1. The van der Waals surface area contributed by atoms with Gasteiger partial charge >= 0.3 is 0 Å². The van der Waals surface area contributed by atoms with Gasteiger partial charge in [0, 0.05) is 5.69 Å². The summed E-state index contributed by atoms with van der Waals surface area (Å²) in [5, 5.41) is 0.470. The van der Waals surface area contributed by atoms with Gasteiger partial charge in [-0.05, 0) is 73.9 Å². The fourth-order valence-electron chi connectivity index (χ4n) is 4.23. The third-order valence-electron chi connectivity index (χ3n) is 6.04. The summed E-state index contributed by atoms with van der Waals surface area (Å²) in [6, 6.07) is 15.8. The van der Waals surface area contributed by atoms with Crippen molar-refractivity contribution in [1.29, 1.82) is 0 Å². The zero-order valence-electron chi connectivity index (χ0n) is 18.3. The molecular weight excluding hydrogens is 404 g/mol. The minimum Gasteiger partial charge on any atom is -0.497 e. The van der Waals surface area contributed by atoms with Crippen LogP contribution in [0, 0.1) is 20.8 Å². The van der Waals surface area contributed by atoms with Crippen LogP contribution in [0.3, 0.4) is 0 Å². The van der Waals surface area contributed by atoms with Crippen LogP contribution in [0.2, 0.25) is 0 Å². The highest BCUT2D eigenvalue weighted by Crippen LogP contribution is 2.41. The van der Waals surface area contributed by atoms with E-state index in [4.69, 9.17) is 9.15 Å². The number of carbonyl (C=O) groups is 1. The van der Waals surface area contributed by atoms with Crippen molar-refractivity contribution >= 4 is 22.7 Å². The Morgan fingerprint density at radius 2 is 1.69 bits per heavy atom. The monoisotopic (exact) mass is 426 g/mol. The summed E-state index contributed by atoms with van der Waals surface area (Å²) in [5.41, 5.74) is 4.08. The van der Waals surface area contributed by atoms with Crippen molar-refractivity contribution in [2.75, 3.05) is 12.0 Å². The standard InChI is InChI=1S/C26H22N2O4/c1-14-12-19-20(13-15(14)2)32-25-22(24(19)29)23(17-8-10-18(31-4)11-9-17)28(26(25)30)21-7-5-6-16(3)27-21/h5-13,23H,1-4H3. The van der Waals surface area contributed by atoms with Crippen molar-refractivity contribution in [2.24, 2.45) is 0 Å². The van der Waals surface area contributed by atoms with Gasteiger partial charge in [0.15, 0.2) is 5.43 Å². The molecule has 4 aromatic rings. The van der Waals surface area contributed by atoms with Gasteiger partial charge in [-0.15, -0.1) is 0 Å². The maximum Gasteiger partial charge on any atom is 0.296 e.